The van der Waals surface area contributed by atoms with E-state index in [-0.39, 0.29) is 12.1 Å². The van der Waals surface area contributed by atoms with E-state index in [2.05, 4.69) is 16.9 Å². The summed E-state index contributed by atoms with van der Waals surface area (Å²) in [5.41, 5.74) is 3.52. The van der Waals surface area contributed by atoms with Crippen LogP contribution in [0.25, 0.3) is 0 Å². The monoisotopic (exact) mass is 371 g/mol. The number of hydrogen-bond acceptors (Lipinski definition) is 4. The van der Waals surface area contributed by atoms with Crippen molar-refractivity contribution in [2.75, 3.05) is 11.9 Å². The van der Waals surface area contributed by atoms with E-state index in [9.17, 15) is 4.79 Å². The van der Waals surface area contributed by atoms with Gasteiger partial charge in [0.15, 0.2) is 0 Å². The van der Waals surface area contributed by atoms with Crippen LogP contribution in [0, 0.1) is 0 Å². The van der Waals surface area contributed by atoms with Crippen LogP contribution in [0.5, 0.6) is 5.75 Å². The molecule has 1 aliphatic rings. The number of aromatic nitrogens is 1. The number of para-hydroxylation sites is 1. The third-order valence-corrected chi connectivity index (χ3v) is 4.67. The summed E-state index contributed by atoms with van der Waals surface area (Å²) in [6.07, 6.45) is 5.01. The van der Waals surface area contributed by atoms with Gasteiger partial charge in [-0.25, -0.2) is 0 Å². The van der Waals surface area contributed by atoms with Gasteiger partial charge in [-0.3, -0.25) is 9.78 Å². The molecule has 1 amide bonds. The fourth-order valence-corrected chi connectivity index (χ4v) is 3.28. The lowest BCUT2D eigenvalue weighted by molar-refractivity contribution is 0.0707. The summed E-state index contributed by atoms with van der Waals surface area (Å²) < 4.78 is 5.83. The van der Waals surface area contributed by atoms with Crippen LogP contribution in [0.4, 0.5) is 5.69 Å². The van der Waals surface area contributed by atoms with Crippen molar-refractivity contribution in [3.63, 3.8) is 0 Å². The van der Waals surface area contributed by atoms with Crippen molar-refractivity contribution in [2.45, 2.75) is 12.8 Å². The first-order valence-electron chi connectivity index (χ1n) is 9.15. The molecule has 5 nitrogen and oxygen atoms in total. The zero-order valence-corrected chi connectivity index (χ0v) is 15.4. The molecule has 0 aliphatic carbocycles. The summed E-state index contributed by atoms with van der Waals surface area (Å²) in [6, 6.07) is 19.2. The highest BCUT2D eigenvalue weighted by atomic mass is 16.5. The number of pyridine rings is 1. The Kier molecular flexibility index (Phi) is 5.06. The van der Waals surface area contributed by atoms with E-state index in [1.165, 1.54) is 0 Å². The maximum absolute atomic E-state index is 12.9. The Bertz CT molecular complexity index is 971. The van der Waals surface area contributed by atoms with E-state index < -0.39 is 0 Å². The largest absolute Gasteiger partial charge is 0.489 e. The molecule has 0 saturated carbocycles. The fraction of sp³-hybridized carbons (Fsp3) is 0.130. The lowest BCUT2D eigenvalue weighted by atomic mass is 10.0. The molecule has 2 aromatic carbocycles. The van der Waals surface area contributed by atoms with Crippen molar-refractivity contribution in [3.05, 3.63) is 102 Å². The number of amides is 1. The average molecular weight is 371 g/mol. The molecule has 1 unspecified atom stereocenters. The van der Waals surface area contributed by atoms with Gasteiger partial charge in [-0.05, 0) is 35.9 Å². The maximum atomic E-state index is 12.9. The Morgan fingerprint density at radius 2 is 1.93 bits per heavy atom. The highest BCUT2D eigenvalue weighted by Gasteiger charge is 2.31. The molecule has 5 heteroatoms. The average Bonchev–Trinajstić information content (AvgIpc) is 2.75. The number of hydrogen-bond donors (Lipinski definition) is 1. The van der Waals surface area contributed by atoms with Gasteiger partial charge in [0.2, 0.25) is 0 Å². The Morgan fingerprint density at radius 3 is 2.68 bits per heavy atom. The number of ether oxygens (including phenoxy) is 1. The van der Waals surface area contributed by atoms with Gasteiger partial charge in [-0.15, -0.1) is 6.58 Å². The minimum absolute atomic E-state index is 0.00356. The van der Waals surface area contributed by atoms with Crippen molar-refractivity contribution >= 4 is 11.6 Å². The maximum Gasteiger partial charge on any atom is 0.258 e. The molecular formula is C23H21N3O2. The number of carbonyl (C=O) groups excluding carboxylic acids is 1. The summed E-state index contributed by atoms with van der Waals surface area (Å²) >= 11 is 0. The molecule has 0 bridgehead atoms. The summed E-state index contributed by atoms with van der Waals surface area (Å²) in [4.78, 5) is 18.8. The predicted molar refractivity (Wildman–Crippen MR) is 109 cm³/mol. The van der Waals surface area contributed by atoms with Gasteiger partial charge in [-0.1, -0.05) is 36.4 Å². The number of nitrogens with zero attached hydrogens (tertiary/aromatic N) is 2. The minimum atomic E-state index is -0.257. The van der Waals surface area contributed by atoms with Crippen molar-refractivity contribution in [1.29, 1.82) is 0 Å². The molecule has 1 aromatic heterocycles. The second-order valence-electron chi connectivity index (χ2n) is 6.56. The molecule has 1 atom stereocenters. The summed E-state index contributed by atoms with van der Waals surface area (Å²) in [5.74, 6) is 0.765. The lowest BCUT2D eigenvalue weighted by Gasteiger charge is -2.37. The lowest BCUT2D eigenvalue weighted by Crippen LogP contribution is -2.42. The van der Waals surface area contributed by atoms with Gasteiger partial charge in [0.05, 0.1) is 5.56 Å². The van der Waals surface area contributed by atoms with Crippen molar-refractivity contribution < 1.29 is 9.53 Å². The van der Waals surface area contributed by atoms with Crippen LogP contribution in [0.1, 0.15) is 27.7 Å². The van der Waals surface area contributed by atoms with Crippen molar-refractivity contribution in [3.8, 4) is 5.75 Å². The van der Waals surface area contributed by atoms with Crippen LogP contribution in [-0.4, -0.2) is 22.3 Å². The van der Waals surface area contributed by atoms with Gasteiger partial charge in [0, 0.05) is 30.2 Å². The molecule has 1 N–H and O–H groups in total. The van der Waals surface area contributed by atoms with Crippen LogP contribution in [0.15, 0.2) is 85.7 Å². The quantitative estimate of drug-likeness (QED) is 0.652. The van der Waals surface area contributed by atoms with Gasteiger partial charge in [0.1, 0.15) is 18.5 Å². The number of anilines is 1. The van der Waals surface area contributed by atoms with Gasteiger partial charge >= 0.3 is 0 Å². The summed E-state index contributed by atoms with van der Waals surface area (Å²) in [6.45, 7) is 4.72. The Morgan fingerprint density at radius 1 is 1.11 bits per heavy atom. The Labute approximate surface area is 164 Å². The van der Waals surface area contributed by atoms with Gasteiger partial charge in [-0.2, -0.15) is 0 Å². The molecule has 0 fully saturated rings. The minimum Gasteiger partial charge on any atom is -0.489 e. The summed E-state index contributed by atoms with van der Waals surface area (Å²) in [7, 11) is 0. The molecular weight excluding hydrogens is 350 g/mol. The first-order chi connectivity index (χ1) is 13.8. The third-order valence-electron chi connectivity index (χ3n) is 4.67. The van der Waals surface area contributed by atoms with E-state index in [0.29, 0.717) is 18.7 Å². The molecule has 28 heavy (non-hydrogen) atoms. The predicted octanol–water partition coefficient (Wildman–Crippen LogP) is 4.41. The Hall–Kier alpha value is -3.60. The second-order valence-corrected chi connectivity index (χ2v) is 6.56. The smallest absolute Gasteiger partial charge is 0.258 e. The molecule has 0 saturated heterocycles. The zero-order valence-electron chi connectivity index (χ0n) is 15.4. The number of fused-ring (bicyclic) bond motifs is 1. The molecule has 4 rings (SSSR count). The highest BCUT2D eigenvalue weighted by molar-refractivity contribution is 6.01. The van der Waals surface area contributed by atoms with Gasteiger partial charge < -0.3 is 15.0 Å². The van der Waals surface area contributed by atoms with E-state index in [4.69, 9.17) is 4.74 Å². The van der Waals surface area contributed by atoms with Crippen LogP contribution in [0.2, 0.25) is 0 Å². The molecule has 1 aliphatic heterocycles. The topological polar surface area (TPSA) is 54.5 Å². The van der Waals surface area contributed by atoms with Crippen LogP contribution in [-0.2, 0) is 6.61 Å². The first-order valence-corrected chi connectivity index (χ1v) is 9.15. The highest BCUT2D eigenvalue weighted by Crippen LogP contribution is 2.33. The molecule has 0 radical (unpaired) electrons. The van der Waals surface area contributed by atoms with E-state index in [1.807, 2.05) is 60.7 Å². The number of benzene rings is 2. The fourth-order valence-electron chi connectivity index (χ4n) is 3.28. The normalized spacial score (nSPS) is 15.5. The third kappa shape index (κ3) is 3.60. The zero-order chi connectivity index (χ0) is 19.3. The Balaban J connectivity index is 1.54. The van der Waals surface area contributed by atoms with Crippen molar-refractivity contribution in [1.82, 2.24) is 9.88 Å². The van der Waals surface area contributed by atoms with Crippen molar-refractivity contribution in [2.24, 2.45) is 0 Å². The standard InChI is InChI=1S/C23H21N3O2/c1-2-14-26-22(25-21-8-4-3-7-20(21)23(26)27)18-9-11-19(12-10-18)28-16-17-6-5-13-24-15-17/h2-13,15,22,25H,1,14,16H2. The van der Waals surface area contributed by atoms with Crippen LogP contribution < -0.4 is 10.1 Å². The summed E-state index contributed by atoms with van der Waals surface area (Å²) in [5, 5.41) is 3.46. The molecule has 2 heterocycles. The molecule has 140 valence electrons. The number of carbonyl (C=O) groups is 1. The van der Waals surface area contributed by atoms with Crippen LogP contribution >= 0.6 is 0 Å². The number of rotatable bonds is 6. The second kappa shape index (κ2) is 7.96. The van der Waals surface area contributed by atoms with E-state index in [1.54, 1.807) is 23.4 Å². The van der Waals surface area contributed by atoms with E-state index in [0.717, 1.165) is 22.6 Å². The SMILES string of the molecule is C=CCN1C(=O)c2ccccc2NC1c1ccc(OCc2cccnc2)cc1. The van der Waals surface area contributed by atoms with Crippen LogP contribution in [0.3, 0.4) is 0 Å². The van der Waals surface area contributed by atoms with Gasteiger partial charge in [0.25, 0.3) is 5.91 Å². The molecule has 0 spiro atoms. The number of nitrogens with one attached hydrogen (secondary N) is 1. The van der Waals surface area contributed by atoms with E-state index >= 15 is 0 Å². The molecule has 3 aromatic rings. The first kappa shape index (κ1) is 17.8.